The van der Waals surface area contributed by atoms with Crippen molar-refractivity contribution < 1.29 is 4.74 Å². The molecule has 21 heavy (non-hydrogen) atoms. The number of aryl methyl sites for hydroxylation is 1. The Balaban J connectivity index is 1.79. The lowest BCUT2D eigenvalue weighted by Crippen LogP contribution is -2.48. The lowest BCUT2D eigenvalue weighted by atomic mass is 9.70. The van der Waals surface area contributed by atoms with Crippen molar-refractivity contribution in [1.82, 2.24) is 5.32 Å². The van der Waals surface area contributed by atoms with E-state index in [9.17, 15) is 0 Å². The molecule has 1 spiro atoms. The van der Waals surface area contributed by atoms with Crippen LogP contribution in [0.4, 0.5) is 0 Å². The number of nitrogens with one attached hydrogen (secondary N) is 1. The van der Waals surface area contributed by atoms with Gasteiger partial charge < -0.3 is 10.1 Å². The van der Waals surface area contributed by atoms with Gasteiger partial charge in [0.05, 0.1) is 10.6 Å². The van der Waals surface area contributed by atoms with Gasteiger partial charge in [0.1, 0.15) is 0 Å². The predicted octanol–water partition coefficient (Wildman–Crippen LogP) is 5.10. The summed E-state index contributed by atoms with van der Waals surface area (Å²) in [6.07, 6.45) is 7.34. The van der Waals surface area contributed by atoms with Gasteiger partial charge in [-0.3, -0.25) is 0 Å². The smallest absolute Gasteiger partial charge is 0.0686 e. The fraction of sp³-hybridized carbons (Fsp3) is 0.765. The molecule has 2 nitrogen and oxygen atoms in total. The third kappa shape index (κ3) is 3.17. The number of halogens is 1. The zero-order chi connectivity index (χ0) is 14.9. The Morgan fingerprint density at radius 3 is 2.90 bits per heavy atom. The van der Waals surface area contributed by atoms with Crippen molar-refractivity contribution in [1.29, 1.82) is 0 Å². The van der Waals surface area contributed by atoms with E-state index in [0.717, 1.165) is 31.0 Å². The van der Waals surface area contributed by atoms with Crippen molar-refractivity contribution in [3.8, 4) is 0 Å². The molecule has 0 amide bonds. The van der Waals surface area contributed by atoms with Crippen LogP contribution in [0.3, 0.4) is 0 Å². The summed E-state index contributed by atoms with van der Waals surface area (Å²) in [5, 5.41) is 6.93. The van der Waals surface area contributed by atoms with Gasteiger partial charge in [0, 0.05) is 17.5 Å². The Morgan fingerprint density at radius 1 is 1.52 bits per heavy atom. The van der Waals surface area contributed by atoms with E-state index in [0.29, 0.717) is 12.0 Å². The summed E-state index contributed by atoms with van der Waals surface area (Å²) in [7, 11) is 0. The molecule has 1 saturated heterocycles. The molecule has 3 rings (SSSR count). The zero-order valence-corrected chi connectivity index (χ0v) is 14.7. The van der Waals surface area contributed by atoms with Gasteiger partial charge in [0.25, 0.3) is 0 Å². The molecule has 1 saturated carbocycles. The fourth-order valence-corrected chi connectivity index (χ4v) is 5.18. The summed E-state index contributed by atoms with van der Waals surface area (Å²) in [6.45, 7) is 6.30. The quantitative estimate of drug-likeness (QED) is 0.812. The van der Waals surface area contributed by atoms with Gasteiger partial charge in [0.2, 0.25) is 0 Å². The zero-order valence-electron chi connectivity index (χ0n) is 13.1. The summed E-state index contributed by atoms with van der Waals surface area (Å²) in [4.78, 5) is 1.34. The lowest BCUT2D eigenvalue weighted by Gasteiger charge is -2.48. The summed E-state index contributed by atoms with van der Waals surface area (Å²) >= 11 is 8.38. The minimum atomic E-state index is 0.202. The Labute approximate surface area is 137 Å². The largest absolute Gasteiger partial charge is 0.375 e. The Kier molecular flexibility index (Phi) is 4.94. The first-order valence-corrected chi connectivity index (χ1v) is 9.52. The summed E-state index contributed by atoms with van der Waals surface area (Å²) in [5.41, 5.74) is 1.42. The first-order chi connectivity index (χ1) is 10.2. The molecule has 1 aliphatic heterocycles. The Hall–Kier alpha value is -0.0900. The molecule has 1 aromatic heterocycles. The number of rotatable bonds is 5. The van der Waals surface area contributed by atoms with E-state index in [-0.39, 0.29) is 5.60 Å². The topological polar surface area (TPSA) is 21.3 Å². The normalized spacial score (nSPS) is 25.8. The fourth-order valence-electron chi connectivity index (χ4n) is 3.70. The van der Waals surface area contributed by atoms with E-state index >= 15 is 0 Å². The van der Waals surface area contributed by atoms with E-state index in [2.05, 4.69) is 24.5 Å². The second-order valence-corrected chi connectivity index (χ2v) is 7.96. The SMILES string of the molecule is CCCNC(c1scc(C)c1Cl)C1CCOC2(CCC2)C1. The van der Waals surface area contributed by atoms with Crippen LogP contribution in [0.25, 0.3) is 0 Å². The first-order valence-electron chi connectivity index (χ1n) is 8.26. The highest BCUT2D eigenvalue weighted by Gasteiger charge is 2.44. The number of ether oxygens (including phenoxy) is 1. The van der Waals surface area contributed by atoms with Crippen LogP contribution in [0, 0.1) is 12.8 Å². The van der Waals surface area contributed by atoms with Crippen molar-refractivity contribution in [3.63, 3.8) is 0 Å². The molecule has 2 unspecified atom stereocenters. The van der Waals surface area contributed by atoms with Gasteiger partial charge in [0.15, 0.2) is 0 Å². The van der Waals surface area contributed by atoms with Gasteiger partial charge >= 0.3 is 0 Å². The van der Waals surface area contributed by atoms with Crippen LogP contribution in [0.2, 0.25) is 5.02 Å². The molecule has 1 aliphatic carbocycles. The highest BCUT2D eigenvalue weighted by Crippen LogP contribution is 2.48. The predicted molar refractivity (Wildman–Crippen MR) is 90.4 cm³/mol. The molecule has 2 atom stereocenters. The van der Waals surface area contributed by atoms with Crippen molar-refractivity contribution in [3.05, 3.63) is 20.8 Å². The molecule has 1 aromatic rings. The minimum absolute atomic E-state index is 0.202. The molecule has 118 valence electrons. The minimum Gasteiger partial charge on any atom is -0.375 e. The van der Waals surface area contributed by atoms with E-state index in [1.807, 2.05) is 11.3 Å². The summed E-state index contributed by atoms with van der Waals surface area (Å²) in [5.74, 6) is 0.654. The third-order valence-electron chi connectivity index (χ3n) is 5.09. The second-order valence-electron chi connectivity index (χ2n) is 6.67. The molecule has 2 aliphatic rings. The molecule has 2 fully saturated rings. The van der Waals surface area contributed by atoms with Gasteiger partial charge in [-0.1, -0.05) is 18.5 Å². The molecule has 0 bridgehead atoms. The average molecular weight is 328 g/mol. The lowest BCUT2D eigenvalue weighted by molar-refractivity contribution is -0.147. The van der Waals surface area contributed by atoms with Crippen LogP contribution in [-0.4, -0.2) is 18.8 Å². The molecule has 2 heterocycles. The van der Waals surface area contributed by atoms with Crippen LogP contribution < -0.4 is 5.32 Å². The number of thiophene rings is 1. The molecule has 1 N–H and O–H groups in total. The highest BCUT2D eigenvalue weighted by molar-refractivity contribution is 7.10. The van der Waals surface area contributed by atoms with Crippen LogP contribution >= 0.6 is 22.9 Å². The van der Waals surface area contributed by atoms with Gasteiger partial charge in [-0.25, -0.2) is 0 Å². The summed E-state index contributed by atoms with van der Waals surface area (Å²) < 4.78 is 6.10. The van der Waals surface area contributed by atoms with Crippen LogP contribution in [-0.2, 0) is 4.74 Å². The maximum atomic E-state index is 6.56. The molecule has 4 heteroatoms. The molecular weight excluding hydrogens is 302 g/mol. The van der Waals surface area contributed by atoms with Gasteiger partial charge in [-0.05, 0) is 68.9 Å². The molecule has 0 aromatic carbocycles. The Morgan fingerprint density at radius 2 is 2.33 bits per heavy atom. The van der Waals surface area contributed by atoms with E-state index < -0.39 is 0 Å². The highest BCUT2D eigenvalue weighted by atomic mass is 35.5. The maximum Gasteiger partial charge on any atom is 0.0686 e. The van der Waals surface area contributed by atoms with Crippen molar-refractivity contribution in [2.24, 2.45) is 5.92 Å². The van der Waals surface area contributed by atoms with E-state index in [1.165, 1.54) is 36.1 Å². The first kappa shape index (κ1) is 15.8. The maximum absolute atomic E-state index is 6.56. The van der Waals surface area contributed by atoms with Gasteiger partial charge in [-0.2, -0.15) is 0 Å². The van der Waals surface area contributed by atoms with E-state index in [4.69, 9.17) is 16.3 Å². The summed E-state index contributed by atoms with van der Waals surface area (Å²) in [6, 6.07) is 0.400. The third-order valence-corrected chi connectivity index (χ3v) is 6.89. The number of hydrogen-bond acceptors (Lipinski definition) is 3. The second kappa shape index (κ2) is 6.57. The number of hydrogen-bond donors (Lipinski definition) is 1. The molecule has 0 radical (unpaired) electrons. The Bertz CT molecular complexity index is 483. The van der Waals surface area contributed by atoms with Crippen molar-refractivity contribution >= 4 is 22.9 Å². The van der Waals surface area contributed by atoms with Crippen molar-refractivity contribution in [2.75, 3.05) is 13.2 Å². The van der Waals surface area contributed by atoms with E-state index in [1.54, 1.807) is 0 Å². The standard InChI is InChI=1S/C17H26ClNOS/c1-3-8-19-15(16-14(18)12(2)11-21-16)13-5-9-20-17(10-13)6-4-7-17/h11,13,15,19H,3-10H2,1-2H3. The average Bonchev–Trinajstić information content (AvgIpc) is 2.79. The monoisotopic (exact) mass is 327 g/mol. The van der Waals surface area contributed by atoms with Crippen molar-refractivity contribution in [2.45, 2.75) is 64.0 Å². The van der Waals surface area contributed by atoms with Crippen LogP contribution in [0.5, 0.6) is 0 Å². The van der Waals surface area contributed by atoms with Crippen LogP contribution in [0.15, 0.2) is 5.38 Å². The van der Waals surface area contributed by atoms with Crippen LogP contribution in [0.1, 0.15) is 61.9 Å². The van der Waals surface area contributed by atoms with Gasteiger partial charge in [-0.15, -0.1) is 11.3 Å². The molecular formula is C17H26ClNOS.